The van der Waals surface area contributed by atoms with E-state index in [1.54, 1.807) is 6.07 Å². The van der Waals surface area contributed by atoms with E-state index in [0.717, 1.165) is 43.2 Å². The Bertz CT molecular complexity index is 520. The van der Waals surface area contributed by atoms with E-state index in [9.17, 15) is 14.7 Å². The molecule has 1 rings (SSSR count). The lowest BCUT2D eigenvalue weighted by Gasteiger charge is -2.15. The third kappa shape index (κ3) is 4.58. The van der Waals surface area contributed by atoms with Crippen molar-refractivity contribution in [2.45, 2.75) is 59.3 Å². The molecule has 0 aliphatic carbocycles. The molecule has 0 saturated heterocycles. The predicted molar refractivity (Wildman–Crippen MR) is 86.6 cm³/mol. The topological polar surface area (TPSA) is 63.6 Å². The summed E-state index contributed by atoms with van der Waals surface area (Å²) in [5, 5.41) is 9.58. The van der Waals surface area contributed by atoms with Crippen molar-refractivity contribution in [1.82, 2.24) is 0 Å². The average Bonchev–Trinajstić information content (AvgIpc) is 2.48. The van der Waals surface area contributed by atoms with Gasteiger partial charge in [-0.05, 0) is 36.5 Å². The summed E-state index contributed by atoms with van der Waals surface area (Å²) in [7, 11) is 0. The molecule has 1 N–H and O–H groups in total. The van der Waals surface area contributed by atoms with Gasteiger partial charge in [0.1, 0.15) is 0 Å². The summed E-state index contributed by atoms with van der Waals surface area (Å²) >= 11 is 0. The molecule has 1 aromatic rings. The molecule has 4 heteroatoms. The first-order valence-corrected chi connectivity index (χ1v) is 8.11. The Kier molecular flexibility index (Phi) is 7.64. The van der Waals surface area contributed by atoms with Crippen LogP contribution in [0.5, 0.6) is 0 Å². The Labute approximate surface area is 132 Å². The van der Waals surface area contributed by atoms with E-state index in [0.29, 0.717) is 13.0 Å². The Morgan fingerprint density at radius 2 is 1.73 bits per heavy atom. The normalized spacial score (nSPS) is 10.5. The van der Waals surface area contributed by atoms with E-state index in [1.807, 2.05) is 19.9 Å². The number of carboxylic acids is 1. The molecule has 0 spiro atoms. The zero-order chi connectivity index (χ0) is 16.5. The number of carboxylic acid groups (broad SMARTS) is 1. The number of unbranched alkanes of at least 4 members (excludes halogenated alkanes) is 1. The summed E-state index contributed by atoms with van der Waals surface area (Å²) in [5.41, 5.74) is 2.09. The number of aromatic carboxylic acids is 1. The quantitative estimate of drug-likeness (QED) is 0.547. The van der Waals surface area contributed by atoms with Crippen molar-refractivity contribution in [3.8, 4) is 0 Å². The first-order chi connectivity index (χ1) is 10.6. The summed E-state index contributed by atoms with van der Waals surface area (Å²) in [6.45, 7) is 6.40. The third-order valence-electron chi connectivity index (χ3n) is 3.59. The molecule has 0 fully saturated rings. The van der Waals surface area contributed by atoms with Crippen molar-refractivity contribution in [3.05, 3.63) is 34.4 Å². The molecule has 0 radical (unpaired) electrons. The molecule has 4 nitrogen and oxygen atoms in total. The summed E-state index contributed by atoms with van der Waals surface area (Å²) < 4.78 is 5.19. The molecule has 0 aliphatic rings. The summed E-state index contributed by atoms with van der Waals surface area (Å²) in [4.78, 5) is 23.9. The Morgan fingerprint density at radius 1 is 1.05 bits per heavy atom. The van der Waals surface area contributed by atoms with Gasteiger partial charge >= 0.3 is 11.9 Å². The van der Waals surface area contributed by atoms with Crippen molar-refractivity contribution in [3.63, 3.8) is 0 Å². The predicted octanol–water partition coefficient (Wildman–Crippen LogP) is 4.25. The minimum atomic E-state index is -1.05. The first-order valence-electron chi connectivity index (χ1n) is 8.11. The zero-order valence-corrected chi connectivity index (χ0v) is 13.8. The van der Waals surface area contributed by atoms with E-state index in [4.69, 9.17) is 4.74 Å². The summed E-state index contributed by atoms with van der Waals surface area (Å²) in [6, 6.07) is 3.47. The molecule has 22 heavy (non-hydrogen) atoms. The molecule has 1 aromatic carbocycles. The highest BCUT2D eigenvalue weighted by atomic mass is 16.5. The van der Waals surface area contributed by atoms with E-state index in [1.165, 1.54) is 0 Å². The standard InChI is InChI=1S/C18H26O4/c1-4-7-12-22-18(21)15-11-10-13(8-5-2)14(9-6-3)16(15)17(19)20/h10-11H,4-9,12H2,1-3H3,(H,19,20). The molecule has 0 saturated carbocycles. The minimum Gasteiger partial charge on any atom is -0.478 e. The second-order valence-electron chi connectivity index (χ2n) is 5.42. The maximum atomic E-state index is 12.2. The lowest BCUT2D eigenvalue weighted by atomic mass is 9.91. The van der Waals surface area contributed by atoms with Crippen LogP contribution in [-0.2, 0) is 17.6 Å². The highest BCUT2D eigenvalue weighted by Crippen LogP contribution is 2.24. The molecule has 0 aromatic heterocycles. The number of esters is 1. The van der Waals surface area contributed by atoms with Crippen LogP contribution in [0.4, 0.5) is 0 Å². The van der Waals surface area contributed by atoms with Crippen LogP contribution >= 0.6 is 0 Å². The number of hydrogen-bond donors (Lipinski definition) is 1. The average molecular weight is 306 g/mol. The number of rotatable bonds is 9. The number of hydrogen-bond acceptors (Lipinski definition) is 3. The van der Waals surface area contributed by atoms with Crippen molar-refractivity contribution in [2.24, 2.45) is 0 Å². The van der Waals surface area contributed by atoms with Crippen LogP contribution in [0.3, 0.4) is 0 Å². The van der Waals surface area contributed by atoms with Gasteiger partial charge < -0.3 is 9.84 Å². The molecule has 0 atom stereocenters. The number of carbonyl (C=O) groups is 2. The van der Waals surface area contributed by atoms with Crippen molar-refractivity contribution >= 4 is 11.9 Å². The summed E-state index contributed by atoms with van der Waals surface area (Å²) in [5.74, 6) is -1.59. The summed E-state index contributed by atoms with van der Waals surface area (Å²) in [6.07, 6.45) is 4.97. The number of aryl methyl sites for hydroxylation is 1. The fraction of sp³-hybridized carbons (Fsp3) is 0.556. The molecule has 0 amide bonds. The van der Waals surface area contributed by atoms with Gasteiger partial charge in [-0.15, -0.1) is 0 Å². The van der Waals surface area contributed by atoms with Crippen LogP contribution in [-0.4, -0.2) is 23.7 Å². The first kappa shape index (κ1) is 18.2. The Morgan fingerprint density at radius 3 is 2.27 bits per heavy atom. The van der Waals surface area contributed by atoms with Gasteiger partial charge in [-0.25, -0.2) is 9.59 Å². The van der Waals surface area contributed by atoms with Crippen LogP contribution in [0.15, 0.2) is 12.1 Å². The van der Waals surface area contributed by atoms with Crippen molar-refractivity contribution in [1.29, 1.82) is 0 Å². The van der Waals surface area contributed by atoms with Gasteiger partial charge in [0.15, 0.2) is 0 Å². The SMILES string of the molecule is CCCCOC(=O)c1ccc(CCC)c(CCC)c1C(=O)O. The Hall–Kier alpha value is -1.84. The fourth-order valence-electron chi connectivity index (χ4n) is 2.53. The van der Waals surface area contributed by atoms with Crippen LogP contribution in [0, 0.1) is 0 Å². The van der Waals surface area contributed by atoms with E-state index < -0.39 is 11.9 Å². The Balaban J connectivity index is 3.24. The van der Waals surface area contributed by atoms with Crippen LogP contribution in [0.1, 0.15) is 78.3 Å². The van der Waals surface area contributed by atoms with Gasteiger partial charge in [0.25, 0.3) is 0 Å². The highest BCUT2D eigenvalue weighted by Gasteiger charge is 2.23. The minimum absolute atomic E-state index is 0.120. The maximum absolute atomic E-state index is 12.2. The van der Waals surface area contributed by atoms with Gasteiger partial charge in [0, 0.05) is 0 Å². The van der Waals surface area contributed by atoms with E-state index in [2.05, 4.69) is 6.92 Å². The third-order valence-corrected chi connectivity index (χ3v) is 3.59. The van der Waals surface area contributed by atoms with E-state index in [-0.39, 0.29) is 11.1 Å². The lowest BCUT2D eigenvalue weighted by molar-refractivity contribution is 0.0489. The molecule has 122 valence electrons. The highest BCUT2D eigenvalue weighted by molar-refractivity contribution is 6.03. The number of benzene rings is 1. The van der Waals surface area contributed by atoms with Crippen molar-refractivity contribution in [2.75, 3.05) is 6.61 Å². The fourth-order valence-corrected chi connectivity index (χ4v) is 2.53. The molecule has 0 bridgehead atoms. The smallest absolute Gasteiger partial charge is 0.339 e. The molecule has 0 aliphatic heterocycles. The van der Waals surface area contributed by atoms with E-state index >= 15 is 0 Å². The molecular weight excluding hydrogens is 280 g/mol. The van der Waals surface area contributed by atoms with Gasteiger partial charge in [0.05, 0.1) is 17.7 Å². The number of carbonyl (C=O) groups excluding carboxylic acids is 1. The monoisotopic (exact) mass is 306 g/mol. The van der Waals surface area contributed by atoms with Gasteiger partial charge in [-0.2, -0.15) is 0 Å². The van der Waals surface area contributed by atoms with Crippen LogP contribution in [0.25, 0.3) is 0 Å². The lowest BCUT2D eigenvalue weighted by Crippen LogP contribution is -2.16. The molecule has 0 unspecified atom stereocenters. The largest absolute Gasteiger partial charge is 0.478 e. The maximum Gasteiger partial charge on any atom is 0.339 e. The van der Waals surface area contributed by atoms with Gasteiger partial charge in [-0.3, -0.25) is 0 Å². The second kappa shape index (κ2) is 9.23. The zero-order valence-electron chi connectivity index (χ0n) is 13.8. The second-order valence-corrected chi connectivity index (χ2v) is 5.42. The number of ether oxygens (including phenoxy) is 1. The van der Waals surface area contributed by atoms with Crippen LogP contribution < -0.4 is 0 Å². The molecule has 0 heterocycles. The molecular formula is C18H26O4. The van der Waals surface area contributed by atoms with Gasteiger partial charge in [-0.1, -0.05) is 46.1 Å². The van der Waals surface area contributed by atoms with Gasteiger partial charge in [0.2, 0.25) is 0 Å². The van der Waals surface area contributed by atoms with Crippen molar-refractivity contribution < 1.29 is 19.4 Å². The van der Waals surface area contributed by atoms with Crippen LogP contribution in [0.2, 0.25) is 0 Å².